The summed E-state index contributed by atoms with van der Waals surface area (Å²) < 4.78 is 5.41. The lowest BCUT2D eigenvalue weighted by Gasteiger charge is -2.42. The van der Waals surface area contributed by atoms with E-state index < -0.39 is 47.4 Å². The van der Waals surface area contributed by atoms with Crippen molar-refractivity contribution < 1.29 is 33.5 Å². The third kappa shape index (κ3) is 12.4. The number of nitrogens with one attached hydrogen (secondary N) is 4. The molecular weight excluding hydrogens is 700 g/mol. The van der Waals surface area contributed by atoms with E-state index in [2.05, 4.69) is 21.3 Å². The van der Waals surface area contributed by atoms with Crippen molar-refractivity contribution >= 4 is 58.5 Å². The van der Waals surface area contributed by atoms with Crippen LogP contribution in [0.2, 0.25) is 5.02 Å². The second-order valence-corrected chi connectivity index (χ2v) is 15.1. The largest absolute Gasteiger partial charge is 0.444 e. The average Bonchev–Trinajstić information content (AvgIpc) is 3.10. The number of piperazine rings is 1. The minimum atomic E-state index is -1.22. The fourth-order valence-electron chi connectivity index (χ4n) is 6.08. The molecule has 0 unspecified atom stereocenters. The molecule has 4 N–H and O–H groups in total. The summed E-state index contributed by atoms with van der Waals surface area (Å²) in [6.45, 7) is 9.72. The van der Waals surface area contributed by atoms with E-state index in [0.717, 1.165) is 12.0 Å². The van der Waals surface area contributed by atoms with Crippen molar-refractivity contribution in [3.8, 4) is 0 Å². The van der Waals surface area contributed by atoms with Crippen LogP contribution in [0.25, 0.3) is 0 Å². The number of para-hydroxylation sites is 2. The van der Waals surface area contributed by atoms with E-state index in [-0.39, 0.29) is 42.9 Å². The van der Waals surface area contributed by atoms with Gasteiger partial charge in [0, 0.05) is 37.6 Å². The number of halogens is 1. The van der Waals surface area contributed by atoms with Crippen LogP contribution in [0.4, 0.5) is 16.2 Å². The first-order valence-electron chi connectivity index (χ1n) is 18.1. The van der Waals surface area contributed by atoms with Crippen LogP contribution in [0.1, 0.15) is 72.3 Å². The number of amides is 5. The van der Waals surface area contributed by atoms with Crippen LogP contribution in [-0.2, 0) is 35.3 Å². The van der Waals surface area contributed by atoms with Gasteiger partial charge in [0.1, 0.15) is 23.7 Å². The normalized spacial score (nSPS) is 20.5. The Morgan fingerprint density at radius 3 is 2.28 bits per heavy atom. The van der Waals surface area contributed by atoms with Gasteiger partial charge < -0.3 is 30.9 Å². The number of fused-ring (bicyclic) bond motifs is 1. The summed E-state index contributed by atoms with van der Waals surface area (Å²) in [5, 5.41) is 11.5. The maximum absolute atomic E-state index is 14.3. The maximum atomic E-state index is 14.3. The number of nitrogens with zero attached hydrogens (tertiary/aromatic N) is 2. The Labute approximate surface area is 316 Å². The van der Waals surface area contributed by atoms with Crippen LogP contribution in [0.5, 0.6) is 0 Å². The molecule has 2 aliphatic rings. The van der Waals surface area contributed by atoms with Gasteiger partial charge in [0.2, 0.25) is 23.5 Å². The molecule has 5 amide bonds. The lowest BCUT2D eigenvalue weighted by atomic mass is 10.0. The molecule has 2 aromatic carbocycles. The second kappa shape index (κ2) is 18.8. The number of Topliss-reactive ketones (excluding diaryl/α,β-unsaturated/α-hetero) is 1. The third-order valence-corrected chi connectivity index (χ3v) is 9.13. The average molecular weight is 751 g/mol. The fourth-order valence-corrected chi connectivity index (χ4v) is 6.21. The number of hydrogen-bond donors (Lipinski definition) is 4. The second-order valence-electron chi connectivity index (χ2n) is 14.7. The molecule has 0 bridgehead atoms. The molecule has 1 fully saturated rings. The van der Waals surface area contributed by atoms with Crippen molar-refractivity contribution in [1.82, 2.24) is 20.4 Å². The van der Waals surface area contributed by atoms with Crippen molar-refractivity contribution in [3.63, 3.8) is 0 Å². The van der Waals surface area contributed by atoms with Crippen LogP contribution >= 0.6 is 11.6 Å². The van der Waals surface area contributed by atoms with E-state index in [4.69, 9.17) is 16.3 Å². The zero-order valence-electron chi connectivity index (χ0n) is 31.1. The number of hydrogen-bond acceptors (Lipinski definition) is 8. The molecule has 0 aliphatic carbocycles. The Morgan fingerprint density at radius 2 is 1.62 bits per heavy atom. The molecule has 2 heterocycles. The highest BCUT2D eigenvalue weighted by molar-refractivity contribution is 6.43. The Kier molecular flexibility index (Phi) is 14.6. The van der Waals surface area contributed by atoms with Gasteiger partial charge in [-0.15, -0.1) is 0 Å². The highest BCUT2D eigenvalue weighted by atomic mass is 35.5. The van der Waals surface area contributed by atoms with Crippen LogP contribution in [0.3, 0.4) is 0 Å². The predicted molar refractivity (Wildman–Crippen MR) is 203 cm³/mol. The topological polar surface area (TPSA) is 166 Å². The Morgan fingerprint density at radius 1 is 0.943 bits per heavy atom. The minimum Gasteiger partial charge on any atom is -0.444 e. The zero-order chi connectivity index (χ0) is 38.7. The van der Waals surface area contributed by atoms with Gasteiger partial charge in [-0.2, -0.15) is 0 Å². The zero-order valence-corrected chi connectivity index (χ0v) is 31.8. The summed E-state index contributed by atoms with van der Waals surface area (Å²) in [6, 6.07) is 10.8. The van der Waals surface area contributed by atoms with Gasteiger partial charge in [-0.3, -0.25) is 28.9 Å². The monoisotopic (exact) mass is 750 g/mol. The molecule has 0 saturated carbocycles. The summed E-state index contributed by atoms with van der Waals surface area (Å²) in [6.07, 6.45) is 5.28. The van der Waals surface area contributed by atoms with Crippen molar-refractivity contribution in [2.45, 2.75) is 97.0 Å². The summed E-state index contributed by atoms with van der Waals surface area (Å²) in [7, 11) is 0. The first-order valence-corrected chi connectivity index (χ1v) is 18.5. The van der Waals surface area contributed by atoms with E-state index in [1.54, 1.807) is 68.1 Å². The van der Waals surface area contributed by atoms with Crippen LogP contribution in [-0.4, -0.2) is 88.7 Å². The molecule has 14 heteroatoms. The van der Waals surface area contributed by atoms with E-state index in [0.29, 0.717) is 43.1 Å². The highest BCUT2D eigenvalue weighted by Gasteiger charge is 2.39. The standard InChI is InChI=1S/C39H51ClN6O7/c1-25(2)33(44-38(52)53-39(3,4)5)37(51)46-22-21-45(23-26-17-19-27(40)20-18-26)31(24-46)35(49)43-30-15-9-7-6-8-10-16-32(47)41-28-13-11-12-14-29(28)42-36(50)34(30)48/h7,9,11-14,17-20,25,30-31,33H,6,8,10,15-16,21-24H2,1-5H3,(H,41,47)(H,42,50)(H,43,49)(H,44,52)/b9-7+/t30-,31-,33-/m1/s1. The van der Waals surface area contributed by atoms with Gasteiger partial charge >= 0.3 is 6.09 Å². The van der Waals surface area contributed by atoms with Gasteiger partial charge in [0.05, 0.1) is 11.4 Å². The van der Waals surface area contributed by atoms with Gasteiger partial charge in [0.25, 0.3) is 5.91 Å². The third-order valence-electron chi connectivity index (χ3n) is 8.88. The number of ketones is 1. The Balaban J connectivity index is 1.59. The van der Waals surface area contributed by atoms with Crippen molar-refractivity contribution in [1.29, 1.82) is 0 Å². The predicted octanol–water partition coefficient (Wildman–Crippen LogP) is 5.05. The molecule has 1 saturated heterocycles. The van der Waals surface area contributed by atoms with Crippen LogP contribution < -0.4 is 21.3 Å². The van der Waals surface area contributed by atoms with Gasteiger partial charge in [-0.05, 0) is 82.2 Å². The first-order chi connectivity index (χ1) is 25.1. The summed E-state index contributed by atoms with van der Waals surface area (Å²) in [5.74, 6) is -3.22. The Hall–Kier alpha value is -4.75. The molecule has 3 atom stereocenters. The molecule has 4 rings (SSSR count). The number of benzene rings is 2. The van der Waals surface area contributed by atoms with Crippen LogP contribution in [0.15, 0.2) is 60.7 Å². The molecule has 53 heavy (non-hydrogen) atoms. The van der Waals surface area contributed by atoms with E-state index >= 15 is 0 Å². The van der Waals surface area contributed by atoms with E-state index in [1.165, 1.54) is 0 Å². The molecule has 0 spiro atoms. The van der Waals surface area contributed by atoms with Crippen molar-refractivity contribution in [3.05, 3.63) is 71.3 Å². The number of rotatable bonds is 7. The van der Waals surface area contributed by atoms with Crippen molar-refractivity contribution in [2.75, 3.05) is 30.3 Å². The molecule has 13 nitrogen and oxygen atoms in total. The smallest absolute Gasteiger partial charge is 0.408 e. The number of carbonyl (C=O) groups excluding carboxylic acids is 6. The Bertz CT molecular complexity index is 1670. The molecule has 0 radical (unpaired) electrons. The van der Waals surface area contributed by atoms with Crippen molar-refractivity contribution in [2.24, 2.45) is 5.92 Å². The highest BCUT2D eigenvalue weighted by Crippen LogP contribution is 2.23. The number of carbonyl (C=O) groups is 6. The van der Waals surface area contributed by atoms with Gasteiger partial charge in [0.15, 0.2) is 0 Å². The quantitative estimate of drug-likeness (QED) is 0.225. The van der Waals surface area contributed by atoms with Crippen LogP contribution in [0, 0.1) is 5.92 Å². The lowest BCUT2D eigenvalue weighted by molar-refractivity contribution is -0.142. The van der Waals surface area contributed by atoms with E-state index in [1.807, 2.05) is 37.0 Å². The molecule has 0 aromatic heterocycles. The van der Waals surface area contributed by atoms with Gasteiger partial charge in [-0.25, -0.2) is 4.79 Å². The lowest BCUT2D eigenvalue weighted by Crippen LogP contribution is -2.63. The molecule has 2 aliphatic heterocycles. The van der Waals surface area contributed by atoms with E-state index in [9.17, 15) is 28.8 Å². The maximum Gasteiger partial charge on any atom is 0.408 e. The molecular formula is C39H51ClN6O7. The fraction of sp³-hybridized carbons (Fsp3) is 0.487. The summed E-state index contributed by atoms with van der Waals surface area (Å²) in [4.78, 5) is 84.0. The summed E-state index contributed by atoms with van der Waals surface area (Å²) in [5.41, 5.74) is 0.735. The minimum absolute atomic E-state index is 0.0342. The molecule has 286 valence electrons. The first kappa shape index (κ1) is 41.0. The summed E-state index contributed by atoms with van der Waals surface area (Å²) >= 11 is 6.12. The molecule has 2 aromatic rings. The number of allylic oxidation sites excluding steroid dienone is 1. The number of anilines is 2. The number of ether oxygens (including phenoxy) is 1. The number of alkyl carbamates (subject to hydrolysis) is 1. The van der Waals surface area contributed by atoms with Gasteiger partial charge in [-0.1, -0.05) is 61.9 Å². The SMILES string of the molecule is CC(C)[C@@H](NC(=O)OC(C)(C)C)C(=O)N1CCN(Cc2ccc(Cl)cc2)[C@@H](C(=O)N[C@@H]2C/C=C/CCCCC(=O)Nc3ccccc3NC(=O)C2=O)C1.